The first-order valence-corrected chi connectivity index (χ1v) is 7.55. The van der Waals surface area contributed by atoms with Crippen LogP contribution in [0.4, 0.5) is 0 Å². The van der Waals surface area contributed by atoms with E-state index in [4.69, 9.17) is 0 Å². The Balaban J connectivity index is 2.12. The van der Waals surface area contributed by atoms with E-state index >= 15 is 0 Å². The quantitative estimate of drug-likeness (QED) is 0.813. The molecule has 0 aromatic carbocycles. The molecular weight excluding hydrogens is 208 g/mol. The third-order valence-corrected chi connectivity index (χ3v) is 5.00. The van der Waals surface area contributed by atoms with Gasteiger partial charge in [-0.15, -0.1) is 0 Å². The van der Waals surface area contributed by atoms with E-state index in [2.05, 4.69) is 37.9 Å². The van der Waals surface area contributed by atoms with Gasteiger partial charge >= 0.3 is 0 Å². The SMILES string of the molecule is CCNC1C(N2CCCC2C)CCCC1(C)C. The minimum Gasteiger partial charge on any atom is -0.312 e. The highest BCUT2D eigenvalue weighted by Crippen LogP contribution is 2.39. The van der Waals surface area contributed by atoms with Gasteiger partial charge in [-0.05, 0) is 51.1 Å². The van der Waals surface area contributed by atoms with Crippen LogP contribution in [0.15, 0.2) is 0 Å². The molecule has 2 rings (SSSR count). The van der Waals surface area contributed by atoms with Gasteiger partial charge in [0.05, 0.1) is 0 Å². The molecule has 0 aromatic heterocycles. The lowest BCUT2D eigenvalue weighted by atomic mass is 9.70. The van der Waals surface area contributed by atoms with Crippen molar-refractivity contribution in [1.82, 2.24) is 10.2 Å². The molecule has 100 valence electrons. The van der Waals surface area contributed by atoms with E-state index in [1.807, 2.05) is 0 Å². The Morgan fingerprint density at radius 3 is 2.59 bits per heavy atom. The minimum atomic E-state index is 0.460. The number of hydrogen-bond acceptors (Lipinski definition) is 2. The molecule has 0 bridgehead atoms. The number of nitrogens with zero attached hydrogens (tertiary/aromatic N) is 1. The zero-order valence-corrected chi connectivity index (χ0v) is 12.1. The molecular formula is C15H30N2. The van der Waals surface area contributed by atoms with E-state index in [0.717, 1.165) is 18.6 Å². The smallest absolute Gasteiger partial charge is 0.0274 e. The maximum atomic E-state index is 3.78. The van der Waals surface area contributed by atoms with Crippen LogP contribution in [0.2, 0.25) is 0 Å². The highest BCUT2D eigenvalue weighted by atomic mass is 15.2. The van der Waals surface area contributed by atoms with Crippen molar-refractivity contribution in [1.29, 1.82) is 0 Å². The van der Waals surface area contributed by atoms with Gasteiger partial charge in [0.15, 0.2) is 0 Å². The molecule has 1 saturated carbocycles. The second-order valence-corrected chi connectivity index (χ2v) is 6.71. The number of likely N-dealkylation sites (tertiary alicyclic amines) is 1. The van der Waals surface area contributed by atoms with Gasteiger partial charge in [0.2, 0.25) is 0 Å². The van der Waals surface area contributed by atoms with Crippen LogP contribution in [-0.2, 0) is 0 Å². The van der Waals surface area contributed by atoms with Crippen LogP contribution in [0.1, 0.15) is 59.8 Å². The summed E-state index contributed by atoms with van der Waals surface area (Å²) >= 11 is 0. The van der Waals surface area contributed by atoms with Crippen molar-refractivity contribution in [3.63, 3.8) is 0 Å². The number of nitrogens with one attached hydrogen (secondary N) is 1. The molecule has 0 aromatic rings. The Labute approximate surface area is 107 Å². The van der Waals surface area contributed by atoms with Crippen molar-refractivity contribution in [3.8, 4) is 0 Å². The molecule has 0 amide bonds. The molecule has 3 unspecified atom stereocenters. The summed E-state index contributed by atoms with van der Waals surface area (Å²) in [7, 11) is 0. The van der Waals surface area contributed by atoms with E-state index in [0.29, 0.717) is 11.5 Å². The van der Waals surface area contributed by atoms with Gasteiger partial charge in [-0.2, -0.15) is 0 Å². The summed E-state index contributed by atoms with van der Waals surface area (Å²) in [6, 6.07) is 2.26. The van der Waals surface area contributed by atoms with Crippen molar-refractivity contribution in [2.24, 2.45) is 5.41 Å². The van der Waals surface area contributed by atoms with Gasteiger partial charge in [0.25, 0.3) is 0 Å². The van der Waals surface area contributed by atoms with Crippen molar-refractivity contribution < 1.29 is 0 Å². The van der Waals surface area contributed by atoms with Gasteiger partial charge < -0.3 is 5.32 Å². The van der Waals surface area contributed by atoms with Crippen molar-refractivity contribution in [2.45, 2.75) is 77.9 Å². The van der Waals surface area contributed by atoms with Crippen molar-refractivity contribution in [2.75, 3.05) is 13.1 Å². The Kier molecular flexibility index (Phi) is 4.14. The standard InChI is InChI=1S/C15H30N2/c1-5-16-14-13(9-6-10-15(14,3)4)17-11-7-8-12(17)2/h12-14,16H,5-11H2,1-4H3. The fourth-order valence-corrected chi connectivity index (χ4v) is 4.05. The maximum absolute atomic E-state index is 3.78. The molecule has 1 heterocycles. The van der Waals surface area contributed by atoms with Crippen LogP contribution in [-0.4, -0.2) is 36.1 Å². The molecule has 2 heteroatoms. The summed E-state index contributed by atoms with van der Waals surface area (Å²) in [6.07, 6.45) is 6.98. The first-order valence-electron chi connectivity index (χ1n) is 7.55. The molecule has 0 radical (unpaired) electrons. The normalized spacial score (nSPS) is 38.5. The molecule has 2 nitrogen and oxygen atoms in total. The second kappa shape index (κ2) is 5.27. The van der Waals surface area contributed by atoms with E-state index in [9.17, 15) is 0 Å². The van der Waals surface area contributed by atoms with E-state index in [-0.39, 0.29) is 0 Å². The average molecular weight is 238 g/mol. The van der Waals surface area contributed by atoms with Crippen LogP contribution in [0.25, 0.3) is 0 Å². The lowest BCUT2D eigenvalue weighted by Crippen LogP contribution is -2.59. The highest BCUT2D eigenvalue weighted by Gasteiger charge is 2.42. The Hall–Kier alpha value is -0.0800. The molecule has 1 aliphatic carbocycles. The highest BCUT2D eigenvalue weighted by molar-refractivity contribution is 5.00. The number of likely N-dealkylation sites (N-methyl/N-ethyl adjacent to an activating group) is 1. The van der Waals surface area contributed by atoms with Crippen LogP contribution < -0.4 is 5.32 Å². The monoisotopic (exact) mass is 238 g/mol. The van der Waals surface area contributed by atoms with Crippen LogP contribution in [0, 0.1) is 5.41 Å². The molecule has 0 spiro atoms. The minimum absolute atomic E-state index is 0.460. The predicted molar refractivity (Wildman–Crippen MR) is 74.3 cm³/mol. The summed E-state index contributed by atoms with van der Waals surface area (Å²) in [4.78, 5) is 2.79. The zero-order chi connectivity index (χ0) is 12.5. The first-order chi connectivity index (χ1) is 8.06. The fraction of sp³-hybridized carbons (Fsp3) is 1.00. The molecule has 3 atom stereocenters. The molecule has 1 aliphatic heterocycles. The molecule has 2 aliphatic rings. The van der Waals surface area contributed by atoms with Gasteiger partial charge in [0.1, 0.15) is 0 Å². The van der Waals surface area contributed by atoms with E-state index in [1.165, 1.54) is 38.6 Å². The van der Waals surface area contributed by atoms with Crippen LogP contribution in [0.3, 0.4) is 0 Å². The largest absolute Gasteiger partial charge is 0.312 e. The third kappa shape index (κ3) is 2.68. The van der Waals surface area contributed by atoms with E-state index < -0.39 is 0 Å². The van der Waals surface area contributed by atoms with Gasteiger partial charge in [-0.1, -0.05) is 27.2 Å². The molecule has 1 N–H and O–H groups in total. The zero-order valence-electron chi connectivity index (χ0n) is 12.1. The van der Waals surface area contributed by atoms with Gasteiger partial charge in [-0.25, -0.2) is 0 Å². The maximum Gasteiger partial charge on any atom is 0.0274 e. The summed E-state index contributed by atoms with van der Waals surface area (Å²) < 4.78 is 0. The molecule has 17 heavy (non-hydrogen) atoms. The van der Waals surface area contributed by atoms with Crippen molar-refractivity contribution in [3.05, 3.63) is 0 Å². The lowest BCUT2D eigenvalue weighted by Gasteiger charge is -2.49. The van der Waals surface area contributed by atoms with Crippen molar-refractivity contribution >= 4 is 0 Å². The summed E-state index contributed by atoms with van der Waals surface area (Å²) in [6.45, 7) is 12.0. The number of hydrogen-bond donors (Lipinski definition) is 1. The lowest BCUT2D eigenvalue weighted by molar-refractivity contribution is 0.0455. The van der Waals surface area contributed by atoms with Gasteiger partial charge in [-0.3, -0.25) is 4.90 Å². The van der Waals surface area contributed by atoms with Crippen LogP contribution >= 0.6 is 0 Å². The predicted octanol–water partition coefficient (Wildman–Crippen LogP) is 3.03. The molecule has 1 saturated heterocycles. The Bertz CT molecular complexity index is 249. The average Bonchev–Trinajstić information content (AvgIpc) is 2.67. The van der Waals surface area contributed by atoms with Crippen LogP contribution in [0.5, 0.6) is 0 Å². The summed E-state index contributed by atoms with van der Waals surface area (Å²) in [5.41, 5.74) is 0.460. The number of rotatable bonds is 3. The summed E-state index contributed by atoms with van der Waals surface area (Å²) in [5.74, 6) is 0. The third-order valence-electron chi connectivity index (χ3n) is 5.00. The first kappa shape index (κ1) is 13.4. The topological polar surface area (TPSA) is 15.3 Å². The Morgan fingerprint density at radius 2 is 2.00 bits per heavy atom. The fourth-order valence-electron chi connectivity index (χ4n) is 4.05. The van der Waals surface area contributed by atoms with E-state index in [1.54, 1.807) is 0 Å². The second-order valence-electron chi connectivity index (χ2n) is 6.71. The molecule has 2 fully saturated rings. The van der Waals surface area contributed by atoms with Gasteiger partial charge in [0, 0.05) is 18.1 Å². The Morgan fingerprint density at radius 1 is 1.24 bits per heavy atom. The summed E-state index contributed by atoms with van der Waals surface area (Å²) in [5, 5.41) is 3.78.